The predicted molar refractivity (Wildman–Crippen MR) is 81.9 cm³/mol. The van der Waals surface area contributed by atoms with Crippen LogP contribution in [0.15, 0.2) is 5.51 Å². The van der Waals surface area contributed by atoms with E-state index >= 15 is 0 Å². The molecule has 1 aliphatic heterocycles. The van der Waals surface area contributed by atoms with Crippen molar-refractivity contribution in [3.63, 3.8) is 0 Å². The minimum absolute atomic E-state index is 0.0555. The number of hydrogen-bond acceptors (Lipinski definition) is 6. The van der Waals surface area contributed by atoms with Crippen LogP contribution in [-0.2, 0) is 16.0 Å². The summed E-state index contributed by atoms with van der Waals surface area (Å²) in [7, 11) is 1.82. The topological polar surface area (TPSA) is 65.9 Å². The molecule has 0 amide bonds. The Hall–Kier alpha value is -1.02. The van der Waals surface area contributed by atoms with E-state index in [1.54, 1.807) is 16.2 Å². The monoisotopic (exact) mass is 313 g/mol. The normalized spacial score (nSPS) is 20.0. The largest absolute Gasteiger partial charge is 0.480 e. The fraction of sp³-hybridized carbons (Fsp3) is 0.714. The van der Waals surface area contributed by atoms with Gasteiger partial charge in [0.25, 0.3) is 0 Å². The summed E-state index contributed by atoms with van der Waals surface area (Å²) >= 11 is 1.71. The second kappa shape index (κ2) is 7.84. The first-order valence-electron chi connectivity index (χ1n) is 7.18. The van der Waals surface area contributed by atoms with Crippen LogP contribution < -0.4 is 0 Å². The molecule has 1 unspecified atom stereocenters. The number of likely N-dealkylation sites (N-methyl/N-ethyl adjacent to an activating group) is 1. The van der Waals surface area contributed by atoms with E-state index in [1.165, 1.54) is 4.88 Å². The second-order valence-electron chi connectivity index (χ2n) is 5.49. The van der Waals surface area contributed by atoms with E-state index in [9.17, 15) is 4.79 Å². The number of aliphatic carboxylic acids is 1. The molecule has 1 saturated heterocycles. The summed E-state index contributed by atoms with van der Waals surface area (Å²) in [5.41, 5.74) is 3.03. The van der Waals surface area contributed by atoms with Gasteiger partial charge in [-0.05, 0) is 20.4 Å². The van der Waals surface area contributed by atoms with E-state index in [0.29, 0.717) is 13.2 Å². The van der Waals surface area contributed by atoms with Gasteiger partial charge in [-0.2, -0.15) is 0 Å². The van der Waals surface area contributed by atoms with E-state index in [2.05, 4.69) is 16.8 Å². The number of morpholine rings is 1. The number of aryl methyl sites for hydroxylation is 1. The summed E-state index contributed by atoms with van der Waals surface area (Å²) in [6, 6.07) is 0. The Morgan fingerprint density at radius 3 is 3.14 bits per heavy atom. The summed E-state index contributed by atoms with van der Waals surface area (Å²) in [6.07, 6.45) is 1.11. The van der Waals surface area contributed by atoms with E-state index < -0.39 is 5.97 Å². The summed E-state index contributed by atoms with van der Waals surface area (Å²) in [4.78, 5) is 20.5. The van der Waals surface area contributed by atoms with Crippen LogP contribution in [0.2, 0.25) is 0 Å². The Morgan fingerprint density at radius 1 is 1.67 bits per heavy atom. The fourth-order valence-corrected chi connectivity index (χ4v) is 3.33. The fourth-order valence-electron chi connectivity index (χ4n) is 2.56. The lowest BCUT2D eigenvalue weighted by atomic mass is 10.2. The van der Waals surface area contributed by atoms with Crippen molar-refractivity contribution < 1.29 is 14.6 Å². The van der Waals surface area contributed by atoms with Gasteiger partial charge in [-0.1, -0.05) is 0 Å². The van der Waals surface area contributed by atoms with Crippen molar-refractivity contribution >= 4 is 17.3 Å². The highest BCUT2D eigenvalue weighted by Gasteiger charge is 2.22. The first-order chi connectivity index (χ1) is 10.0. The molecule has 2 rings (SSSR count). The molecule has 0 aliphatic carbocycles. The Morgan fingerprint density at radius 2 is 2.48 bits per heavy atom. The number of rotatable bonds is 7. The lowest BCUT2D eigenvalue weighted by Gasteiger charge is -2.34. The van der Waals surface area contributed by atoms with Crippen LogP contribution in [0, 0.1) is 6.92 Å². The highest BCUT2D eigenvalue weighted by Crippen LogP contribution is 2.14. The molecule has 7 heteroatoms. The summed E-state index contributed by atoms with van der Waals surface area (Å²) in [5.74, 6) is -0.800. The van der Waals surface area contributed by atoms with Gasteiger partial charge in [-0.15, -0.1) is 11.3 Å². The van der Waals surface area contributed by atoms with Gasteiger partial charge >= 0.3 is 5.97 Å². The Balaban J connectivity index is 1.75. The third kappa shape index (κ3) is 5.35. The van der Waals surface area contributed by atoms with Gasteiger partial charge in [0.05, 0.1) is 30.5 Å². The molecule has 1 atom stereocenters. The molecule has 118 valence electrons. The molecule has 1 aromatic rings. The van der Waals surface area contributed by atoms with Crippen LogP contribution >= 0.6 is 11.3 Å². The molecule has 21 heavy (non-hydrogen) atoms. The summed E-state index contributed by atoms with van der Waals surface area (Å²) in [5, 5.41) is 8.78. The quantitative estimate of drug-likeness (QED) is 0.800. The van der Waals surface area contributed by atoms with Crippen LogP contribution in [0.3, 0.4) is 0 Å². The van der Waals surface area contributed by atoms with Gasteiger partial charge in [0, 0.05) is 31.1 Å². The minimum atomic E-state index is -0.800. The van der Waals surface area contributed by atoms with Crippen molar-refractivity contribution in [1.82, 2.24) is 14.8 Å². The molecular formula is C14H23N3O3S. The molecular weight excluding hydrogens is 290 g/mol. The maximum atomic E-state index is 10.7. The Labute approximate surface area is 129 Å². The van der Waals surface area contributed by atoms with Crippen LogP contribution in [-0.4, -0.2) is 78.3 Å². The number of aromatic nitrogens is 1. The van der Waals surface area contributed by atoms with Crippen molar-refractivity contribution in [3.8, 4) is 0 Å². The minimum Gasteiger partial charge on any atom is -0.480 e. The number of thiazole rings is 1. The van der Waals surface area contributed by atoms with E-state index in [4.69, 9.17) is 9.84 Å². The SMILES string of the molecule is Cc1ncsc1CCN1CCOC(CN(C)CC(=O)O)C1. The van der Waals surface area contributed by atoms with Crippen molar-refractivity contribution in [2.45, 2.75) is 19.4 Å². The van der Waals surface area contributed by atoms with Gasteiger partial charge in [0.1, 0.15) is 0 Å². The molecule has 1 aromatic heterocycles. The molecule has 0 bridgehead atoms. The molecule has 0 saturated carbocycles. The zero-order chi connectivity index (χ0) is 15.2. The van der Waals surface area contributed by atoms with Crippen LogP contribution in [0.1, 0.15) is 10.6 Å². The number of nitrogens with zero attached hydrogens (tertiary/aromatic N) is 3. The highest BCUT2D eigenvalue weighted by atomic mass is 32.1. The smallest absolute Gasteiger partial charge is 0.317 e. The number of carbonyl (C=O) groups is 1. The molecule has 0 spiro atoms. The van der Waals surface area contributed by atoms with Crippen LogP contribution in [0.25, 0.3) is 0 Å². The van der Waals surface area contributed by atoms with Crippen molar-refractivity contribution in [3.05, 3.63) is 16.1 Å². The van der Waals surface area contributed by atoms with E-state index in [0.717, 1.165) is 31.7 Å². The molecule has 1 fully saturated rings. The third-order valence-corrected chi connectivity index (χ3v) is 4.64. The maximum absolute atomic E-state index is 10.7. The van der Waals surface area contributed by atoms with E-state index in [-0.39, 0.29) is 12.6 Å². The number of hydrogen-bond donors (Lipinski definition) is 1. The molecule has 6 nitrogen and oxygen atoms in total. The van der Waals surface area contributed by atoms with Crippen LogP contribution in [0.4, 0.5) is 0 Å². The molecule has 0 aromatic carbocycles. The predicted octanol–water partition coefficient (Wildman–Crippen LogP) is 0.711. The average molecular weight is 313 g/mol. The highest BCUT2D eigenvalue weighted by molar-refractivity contribution is 7.09. The molecule has 2 heterocycles. The summed E-state index contributed by atoms with van der Waals surface area (Å²) in [6.45, 7) is 6.29. The first-order valence-corrected chi connectivity index (χ1v) is 8.06. The van der Waals surface area contributed by atoms with Gasteiger partial charge in [0.15, 0.2) is 0 Å². The third-order valence-electron chi connectivity index (χ3n) is 3.64. The molecule has 1 aliphatic rings. The number of ether oxygens (including phenoxy) is 1. The van der Waals surface area contributed by atoms with Gasteiger partial charge in [-0.25, -0.2) is 4.98 Å². The summed E-state index contributed by atoms with van der Waals surface area (Å²) < 4.78 is 5.74. The number of carboxylic acid groups (broad SMARTS) is 1. The first kappa shape index (κ1) is 16.4. The molecule has 1 N–H and O–H groups in total. The van der Waals surface area contributed by atoms with Gasteiger partial charge in [-0.3, -0.25) is 14.6 Å². The Bertz CT molecular complexity index is 466. The zero-order valence-electron chi connectivity index (χ0n) is 12.6. The zero-order valence-corrected chi connectivity index (χ0v) is 13.4. The molecule has 0 radical (unpaired) electrons. The van der Waals surface area contributed by atoms with Gasteiger partial charge in [0.2, 0.25) is 0 Å². The van der Waals surface area contributed by atoms with Crippen molar-refractivity contribution in [2.24, 2.45) is 0 Å². The lowest BCUT2D eigenvalue weighted by molar-refractivity contribution is -0.138. The lowest BCUT2D eigenvalue weighted by Crippen LogP contribution is -2.48. The standard InChI is InChI=1S/C14H23N3O3S/c1-11-13(21-10-15-11)3-4-17-5-6-20-12(8-17)7-16(2)9-14(18)19/h10,12H,3-9H2,1-2H3,(H,18,19). The Kier molecular flexibility index (Phi) is 6.10. The number of carboxylic acids is 1. The van der Waals surface area contributed by atoms with Gasteiger partial charge < -0.3 is 9.84 Å². The van der Waals surface area contributed by atoms with Crippen molar-refractivity contribution in [2.75, 3.05) is 46.4 Å². The second-order valence-corrected chi connectivity index (χ2v) is 6.43. The van der Waals surface area contributed by atoms with Crippen LogP contribution in [0.5, 0.6) is 0 Å². The average Bonchev–Trinajstić information content (AvgIpc) is 2.81. The van der Waals surface area contributed by atoms with E-state index in [1.807, 2.05) is 12.6 Å². The van der Waals surface area contributed by atoms with Crippen molar-refractivity contribution in [1.29, 1.82) is 0 Å². The maximum Gasteiger partial charge on any atom is 0.317 e.